The Morgan fingerprint density at radius 3 is 2.68 bits per heavy atom. The second-order valence-electron chi connectivity index (χ2n) is 10.6. The summed E-state index contributed by atoms with van der Waals surface area (Å²) in [5.41, 5.74) is 3.21. The average molecular weight is 431 g/mol. The number of piperazine rings is 1. The van der Waals surface area contributed by atoms with Gasteiger partial charge in [-0.2, -0.15) is 0 Å². The third-order valence-electron chi connectivity index (χ3n) is 8.24. The molecule has 0 radical (unpaired) electrons. The highest BCUT2D eigenvalue weighted by molar-refractivity contribution is 5.44. The predicted octanol–water partition coefficient (Wildman–Crippen LogP) is 0.0686. The number of ether oxygens (including phenoxy) is 3. The van der Waals surface area contributed by atoms with Gasteiger partial charge in [0.15, 0.2) is 11.5 Å². The lowest BCUT2D eigenvalue weighted by molar-refractivity contribution is -1.02. The van der Waals surface area contributed by atoms with Crippen molar-refractivity contribution in [3.8, 4) is 11.5 Å². The summed E-state index contributed by atoms with van der Waals surface area (Å²) in [7, 11) is 0. The molecule has 0 aromatic heterocycles. The first-order valence-corrected chi connectivity index (χ1v) is 12.0. The van der Waals surface area contributed by atoms with Gasteiger partial charge < -0.3 is 29.1 Å². The van der Waals surface area contributed by atoms with Crippen molar-refractivity contribution in [3.63, 3.8) is 0 Å². The van der Waals surface area contributed by atoms with Crippen molar-refractivity contribution in [2.45, 2.75) is 39.3 Å². The summed E-state index contributed by atoms with van der Waals surface area (Å²) in [6.07, 6.45) is 4.54. The normalized spacial score (nSPS) is 31.6. The summed E-state index contributed by atoms with van der Waals surface area (Å²) in [5, 5.41) is 10.5. The molecule has 3 atom stereocenters. The third-order valence-corrected chi connectivity index (χ3v) is 8.24. The fraction of sp³-hybridized carbons (Fsp3) is 0.680. The Kier molecular flexibility index (Phi) is 5.99. The fourth-order valence-corrected chi connectivity index (χ4v) is 6.02. The summed E-state index contributed by atoms with van der Waals surface area (Å²) in [5.74, 6) is 3.27. The van der Waals surface area contributed by atoms with Crippen molar-refractivity contribution in [1.29, 1.82) is 0 Å². The zero-order valence-corrected chi connectivity index (χ0v) is 19.0. The predicted molar refractivity (Wildman–Crippen MR) is 117 cm³/mol. The quantitative estimate of drug-likeness (QED) is 0.511. The van der Waals surface area contributed by atoms with Crippen LogP contribution >= 0.6 is 0 Å². The molecule has 6 heteroatoms. The van der Waals surface area contributed by atoms with E-state index >= 15 is 0 Å². The van der Waals surface area contributed by atoms with E-state index in [0.717, 1.165) is 56.7 Å². The second-order valence-corrected chi connectivity index (χ2v) is 10.6. The van der Waals surface area contributed by atoms with E-state index in [9.17, 15) is 5.11 Å². The largest absolute Gasteiger partial charge is 0.454 e. The number of quaternary nitrogens is 2. The lowest BCUT2D eigenvalue weighted by Gasteiger charge is -2.56. The van der Waals surface area contributed by atoms with Crippen LogP contribution in [0.1, 0.15) is 32.3 Å². The molecule has 2 heterocycles. The maximum absolute atomic E-state index is 10.5. The topological polar surface area (TPSA) is 56.8 Å². The van der Waals surface area contributed by atoms with Crippen LogP contribution in [0.4, 0.5) is 0 Å². The van der Waals surface area contributed by atoms with Crippen LogP contribution in [0.2, 0.25) is 0 Å². The zero-order valence-electron chi connectivity index (χ0n) is 19.0. The van der Waals surface area contributed by atoms with E-state index < -0.39 is 0 Å². The molecule has 1 saturated heterocycles. The molecular formula is C25H38N2O4+2. The van der Waals surface area contributed by atoms with Gasteiger partial charge in [0.1, 0.15) is 45.4 Å². The van der Waals surface area contributed by atoms with E-state index in [1.807, 2.05) is 6.07 Å². The lowest BCUT2D eigenvalue weighted by Crippen LogP contribution is -3.28. The molecule has 6 rings (SSSR count). The molecule has 0 amide bonds. The molecule has 0 unspecified atom stereocenters. The van der Waals surface area contributed by atoms with Gasteiger partial charge >= 0.3 is 0 Å². The number of hydrogen-bond donors (Lipinski definition) is 3. The highest BCUT2D eigenvalue weighted by atomic mass is 16.7. The third kappa shape index (κ3) is 4.49. The molecule has 0 spiro atoms. The standard InChI is InChI=1S/C25H36N2O4/c1-25(2)20-5-4-19(22(25)12-20)15-29-16-21(28)14-27-9-7-26(8-10-27)13-18-3-6-23-24(11-18)31-17-30-23/h3-4,6,11,20-22,28H,5,7-10,12-17H2,1-2H3/p+2/t20-,21+,22-/m0/s1. The van der Waals surface area contributed by atoms with Gasteiger partial charge in [-0.25, -0.2) is 0 Å². The summed E-state index contributed by atoms with van der Waals surface area (Å²) in [4.78, 5) is 3.09. The van der Waals surface area contributed by atoms with Gasteiger partial charge in [-0.1, -0.05) is 19.9 Å². The molecule has 6 nitrogen and oxygen atoms in total. The monoisotopic (exact) mass is 430 g/mol. The van der Waals surface area contributed by atoms with Crippen LogP contribution in [0.5, 0.6) is 11.5 Å². The Morgan fingerprint density at radius 2 is 1.90 bits per heavy atom. The molecule has 1 saturated carbocycles. The van der Waals surface area contributed by atoms with Crippen LogP contribution in [0.15, 0.2) is 29.8 Å². The number of aliphatic hydroxyl groups is 1. The maximum Gasteiger partial charge on any atom is 0.231 e. The molecule has 2 aliphatic heterocycles. The number of hydrogen-bond acceptors (Lipinski definition) is 4. The molecule has 1 aromatic rings. The Morgan fingerprint density at radius 1 is 1.13 bits per heavy atom. The van der Waals surface area contributed by atoms with Gasteiger partial charge in [0.25, 0.3) is 0 Å². The Labute approximate surface area is 185 Å². The minimum absolute atomic E-state index is 0.330. The van der Waals surface area contributed by atoms with Crippen LogP contribution < -0.4 is 19.3 Å². The Hall–Kier alpha value is -1.60. The summed E-state index contributed by atoms with van der Waals surface area (Å²) < 4.78 is 16.8. The fourth-order valence-electron chi connectivity index (χ4n) is 6.02. The first kappa shape index (κ1) is 21.3. The molecule has 5 aliphatic rings. The van der Waals surface area contributed by atoms with Crippen molar-refractivity contribution in [3.05, 3.63) is 35.4 Å². The number of allylic oxidation sites excluding steroid dienone is 1. The molecule has 3 N–H and O–H groups in total. The number of rotatable bonds is 8. The van der Waals surface area contributed by atoms with Gasteiger partial charge in [-0.3, -0.25) is 0 Å². The van der Waals surface area contributed by atoms with Gasteiger partial charge in [0.05, 0.1) is 13.2 Å². The smallest absolute Gasteiger partial charge is 0.231 e. The minimum Gasteiger partial charge on any atom is -0.454 e. The first-order chi connectivity index (χ1) is 15.0. The molecule has 1 aromatic carbocycles. The highest BCUT2D eigenvalue weighted by Crippen LogP contribution is 2.59. The van der Waals surface area contributed by atoms with E-state index in [1.54, 1.807) is 4.90 Å². The molecular weight excluding hydrogens is 392 g/mol. The van der Waals surface area contributed by atoms with Crippen LogP contribution in [0.3, 0.4) is 0 Å². The van der Waals surface area contributed by atoms with Crippen LogP contribution in [-0.4, -0.2) is 63.9 Å². The number of fused-ring (bicyclic) bond motifs is 2. The van der Waals surface area contributed by atoms with E-state index in [-0.39, 0.29) is 6.10 Å². The average Bonchev–Trinajstić information content (AvgIpc) is 3.23. The van der Waals surface area contributed by atoms with Crippen molar-refractivity contribution in [1.82, 2.24) is 0 Å². The lowest BCUT2D eigenvalue weighted by atomic mass is 9.49. The van der Waals surface area contributed by atoms with Crippen LogP contribution in [-0.2, 0) is 11.3 Å². The van der Waals surface area contributed by atoms with Gasteiger partial charge in [-0.15, -0.1) is 0 Å². The van der Waals surface area contributed by atoms with Crippen LogP contribution in [0.25, 0.3) is 0 Å². The zero-order chi connectivity index (χ0) is 21.4. The van der Waals surface area contributed by atoms with Gasteiger partial charge in [0.2, 0.25) is 6.79 Å². The Bertz CT molecular complexity index is 816. The van der Waals surface area contributed by atoms with Crippen molar-refractivity contribution < 1.29 is 29.1 Å². The second kappa shape index (κ2) is 8.74. The number of benzene rings is 1. The van der Waals surface area contributed by atoms with Crippen molar-refractivity contribution >= 4 is 0 Å². The van der Waals surface area contributed by atoms with Crippen LogP contribution in [0, 0.1) is 17.3 Å². The van der Waals surface area contributed by atoms with E-state index in [0.29, 0.717) is 31.3 Å². The van der Waals surface area contributed by atoms with E-state index in [1.165, 1.54) is 28.9 Å². The van der Waals surface area contributed by atoms with Crippen molar-refractivity contribution in [2.24, 2.45) is 17.3 Å². The maximum atomic E-state index is 10.5. The molecule has 170 valence electrons. The highest BCUT2D eigenvalue weighted by Gasteiger charge is 2.51. The minimum atomic E-state index is -0.378. The first-order valence-electron chi connectivity index (χ1n) is 12.0. The molecule has 3 aliphatic carbocycles. The number of aliphatic hydroxyl groups excluding tert-OH is 1. The molecule has 2 bridgehead atoms. The number of nitrogens with one attached hydrogen (secondary N) is 2. The van der Waals surface area contributed by atoms with Crippen molar-refractivity contribution in [2.75, 3.05) is 52.7 Å². The molecule has 31 heavy (non-hydrogen) atoms. The van der Waals surface area contributed by atoms with E-state index in [2.05, 4.69) is 32.1 Å². The van der Waals surface area contributed by atoms with Gasteiger partial charge in [0, 0.05) is 5.56 Å². The summed E-state index contributed by atoms with van der Waals surface area (Å²) in [6.45, 7) is 12.5. The summed E-state index contributed by atoms with van der Waals surface area (Å²) in [6, 6.07) is 6.28. The summed E-state index contributed by atoms with van der Waals surface area (Å²) >= 11 is 0. The Balaban J connectivity index is 1.00. The SMILES string of the molecule is CC1(C)[C@H]2CC=C(COC[C@H](O)C[NH+]3CC[NH+](Cc4ccc5c(c4)OCO5)CC3)[C@@H]1C2. The van der Waals surface area contributed by atoms with E-state index in [4.69, 9.17) is 14.2 Å². The molecule has 2 fully saturated rings. The van der Waals surface area contributed by atoms with Gasteiger partial charge in [-0.05, 0) is 53.9 Å².